The first-order valence-corrected chi connectivity index (χ1v) is 6.99. The molecule has 7 heteroatoms. The topological polar surface area (TPSA) is 91.1 Å². The number of rotatable bonds is 5. The molecule has 0 bridgehead atoms. The van der Waals surface area contributed by atoms with Gasteiger partial charge in [0.2, 0.25) is 11.8 Å². The van der Waals surface area contributed by atoms with Crippen LogP contribution in [0.5, 0.6) is 0 Å². The monoisotopic (exact) mass is 306 g/mol. The first-order chi connectivity index (χ1) is 10.5. The lowest BCUT2D eigenvalue weighted by Gasteiger charge is -2.30. The third-order valence-electron chi connectivity index (χ3n) is 3.72. The van der Waals surface area contributed by atoms with Crippen molar-refractivity contribution in [3.63, 3.8) is 0 Å². The van der Waals surface area contributed by atoms with E-state index in [1.54, 1.807) is 19.1 Å². The number of anilines is 1. The fourth-order valence-corrected chi connectivity index (χ4v) is 2.63. The Balaban J connectivity index is 2.25. The molecule has 2 rings (SSSR count). The number of carboxylic acids is 1. The summed E-state index contributed by atoms with van der Waals surface area (Å²) in [6.07, 6.45) is 3.53. The lowest BCUT2D eigenvalue weighted by atomic mass is 10.2. The minimum atomic E-state index is -1.03. The van der Waals surface area contributed by atoms with E-state index >= 15 is 0 Å². The molecule has 2 atom stereocenters. The SMILES string of the molecule is C=CC(=O)N(c1ccco1)C(C)C(=O)N1CCCC1C(=O)O. The van der Waals surface area contributed by atoms with Gasteiger partial charge < -0.3 is 14.4 Å². The van der Waals surface area contributed by atoms with Gasteiger partial charge in [0.1, 0.15) is 12.1 Å². The Morgan fingerprint density at radius 3 is 2.82 bits per heavy atom. The minimum Gasteiger partial charge on any atom is -0.480 e. The van der Waals surface area contributed by atoms with Crippen molar-refractivity contribution in [2.24, 2.45) is 0 Å². The fourth-order valence-electron chi connectivity index (χ4n) is 2.63. The van der Waals surface area contributed by atoms with Gasteiger partial charge in [-0.3, -0.25) is 14.5 Å². The van der Waals surface area contributed by atoms with Crippen LogP contribution in [-0.2, 0) is 14.4 Å². The van der Waals surface area contributed by atoms with Crippen LogP contribution in [0, 0.1) is 0 Å². The Morgan fingerprint density at radius 1 is 1.55 bits per heavy atom. The van der Waals surface area contributed by atoms with E-state index in [9.17, 15) is 19.5 Å². The van der Waals surface area contributed by atoms with Crippen molar-refractivity contribution in [3.05, 3.63) is 31.1 Å². The summed E-state index contributed by atoms with van der Waals surface area (Å²) in [6, 6.07) is 1.44. The van der Waals surface area contributed by atoms with E-state index in [2.05, 4.69) is 6.58 Å². The average Bonchev–Trinajstić information content (AvgIpc) is 3.17. The molecule has 0 spiro atoms. The highest BCUT2D eigenvalue weighted by Gasteiger charge is 2.39. The zero-order valence-corrected chi connectivity index (χ0v) is 12.3. The minimum absolute atomic E-state index is 0.219. The summed E-state index contributed by atoms with van der Waals surface area (Å²) in [5, 5.41) is 9.18. The Labute approximate surface area is 127 Å². The maximum absolute atomic E-state index is 12.6. The summed E-state index contributed by atoms with van der Waals surface area (Å²) in [6.45, 7) is 5.34. The predicted molar refractivity (Wildman–Crippen MR) is 78.2 cm³/mol. The summed E-state index contributed by atoms with van der Waals surface area (Å²) in [4.78, 5) is 38.4. The molecule has 0 radical (unpaired) electrons. The second-order valence-corrected chi connectivity index (χ2v) is 5.07. The molecule has 1 aromatic rings. The standard InChI is InChI=1S/C15H18N2O5/c1-3-12(18)17(13-7-5-9-22-13)10(2)14(19)16-8-4-6-11(16)15(20)21/h3,5,7,9-11H,1,4,6,8H2,2H3,(H,20,21). The van der Waals surface area contributed by atoms with Crippen LogP contribution < -0.4 is 4.90 Å². The highest BCUT2D eigenvalue weighted by atomic mass is 16.4. The van der Waals surface area contributed by atoms with E-state index in [1.165, 1.54) is 16.1 Å². The third kappa shape index (κ3) is 2.88. The van der Waals surface area contributed by atoms with Gasteiger partial charge in [-0.2, -0.15) is 0 Å². The first-order valence-electron chi connectivity index (χ1n) is 6.99. The van der Waals surface area contributed by atoms with Crippen LogP contribution in [0.15, 0.2) is 35.5 Å². The van der Waals surface area contributed by atoms with Crippen LogP contribution in [0.4, 0.5) is 5.88 Å². The number of furan rings is 1. The van der Waals surface area contributed by atoms with Crippen molar-refractivity contribution in [1.29, 1.82) is 0 Å². The average molecular weight is 306 g/mol. The van der Waals surface area contributed by atoms with Gasteiger partial charge in [0.05, 0.1) is 6.26 Å². The number of carbonyl (C=O) groups is 3. The first kappa shape index (κ1) is 15.8. The largest absolute Gasteiger partial charge is 0.480 e. The molecule has 2 heterocycles. The number of aliphatic carboxylic acids is 1. The number of nitrogens with zero attached hydrogens (tertiary/aromatic N) is 2. The molecular weight excluding hydrogens is 288 g/mol. The molecule has 1 N–H and O–H groups in total. The summed E-state index contributed by atoms with van der Waals surface area (Å²) in [5.74, 6) is -1.71. The van der Waals surface area contributed by atoms with Crippen LogP contribution in [0.3, 0.4) is 0 Å². The van der Waals surface area contributed by atoms with Crippen molar-refractivity contribution in [3.8, 4) is 0 Å². The van der Waals surface area contributed by atoms with Crippen molar-refractivity contribution < 1.29 is 23.9 Å². The Hall–Kier alpha value is -2.57. The van der Waals surface area contributed by atoms with E-state index < -0.39 is 29.9 Å². The molecule has 0 aromatic carbocycles. The molecule has 2 unspecified atom stereocenters. The van der Waals surface area contributed by atoms with E-state index in [0.29, 0.717) is 19.4 Å². The van der Waals surface area contributed by atoms with E-state index in [0.717, 1.165) is 6.08 Å². The van der Waals surface area contributed by atoms with Crippen molar-refractivity contribution in [1.82, 2.24) is 4.90 Å². The summed E-state index contributed by atoms with van der Waals surface area (Å²) in [7, 11) is 0. The number of amides is 2. The summed E-state index contributed by atoms with van der Waals surface area (Å²) in [5.41, 5.74) is 0. The Bertz CT molecular complexity index is 581. The summed E-state index contributed by atoms with van der Waals surface area (Å²) >= 11 is 0. The molecule has 22 heavy (non-hydrogen) atoms. The normalized spacial score (nSPS) is 18.8. The van der Waals surface area contributed by atoms with Crippen LogP contribution in [0.2, 0.25) is 0 Å². The number of hydrogen-bond donors (Lipinski definition) is 1. The molecule has 1 aromatic heterocycles. The van der Waals surface area contributed by atoms with E-state index in [-0.39, 0.29) is 5.88 Å². The smallest absolute Gasteiger partial charge is 0.326 e. The van der Waals surface area contributed by atoms with Crippen LogP contribution in [0.1, 0.15) is 19.8 Å². The molecule has 1 saturated heterocycles. The van der Waals surface area contributed by atoms with Gasteiger partial charge in [0.15, 0.2) is 0 Å². The quantitative estimate of drug-likeness (QED) is 0.827. The maximum atomic E-state index is 12.6. The molecule has 118 valence electrons. The molecule has 0 aliphatic carbocycles. The van der Waals surface area contributed by atoms with Crippen LogP contribution >= 0.6 is 0 Å². The number of carbonyl (C=O) groups excluding carboxylic acids is 2. The molecule has 1 aliphatic heterocycles. The highest BCUT2D eigenvalue weighted by molar-refractivity contribution is 6.05. The second-order valence-electron chi connectivity index (χ2n) is 5.07. The second kappa shape index (κ2) is 6.46. The lowest BCUT2D eigenvalue weighted by Crippen LogP contribution is -2.52. The van der Waals surface area contributed by atoms with Gasteiger partial charge in [-0.05, 0) is 31.9 Å². The molecule has 7 nitrogen and oxygen atoms in total. The van der Waals surface area contributed by atoms with Gasteiger partial charge in [-0.15, -0.1) is 0 Å². The fraction of sp³-hybridized carbons (Fsp3) is 0.400. The Kier molecular flexibility index (Phi) is 4.65. The third-order valence-corrected chi connectivity index (χ3v) is 3.72. The number of likely N-dealkylation sites (tertiary alicyclic amines) is 1. The molecule has 1 aliphatic rings. The zero-order chi connectivity index (χ0) is 16.3. The van der Waals surface area contributed by atoms with Crippen LogP contribution in [-0.4, -0.2) is 46.4 Å². The predicted octanol–water partition coefficient (Wildman–Crippen LogP) is 1.26. The van der Waals surface area contributed by atoms with Gasteiger partial charge in [0.25, 0.3) is 5.91 Å². The number of hydrogen-bond acceptors (Lipinski definition) is 4. The molecular formula is C15H18N2O5. The van der Waals surface area contributed by atoms with Crippen LogP contribution in [0.25, 0.3) is 0 Å². The van der Waals surface area contributed by atoms with Gasteiger partial charge in [-0.1, -0.05) is 6.58 Å². The van der Waals surface area contributed by atoms with E-state index in [4.69, 9.17) is 4.42 Å². The summed E-state index contributed by atoms with van der Waals surface area (Å²) < 4.78 is 5.20. The maximum Gasteiger partial charge on any atom is 0.326 e. The molecule has 0 saturated carbocycles. The van der Waals surface area contributed by atoms with Gasteiger partial charge >= 0.3 is 5.97 Å². The number of carboxylic acid groups (broad SMARTS) is 1. The highest BCUT2D eigenvalue weighted by Crippen LogP contribution is 2.23. The Morgan fingerprint density at radius 2 is 2.27 bits per heavy atom. The van der Waals surface area contributed by atoms with Gasteiger partial charge in [0, 0.05) is 12.6 Å². The molecule has 2 amide bonds. The van der Waals surface area contributed by atoms with Gasteiger partial charge in [-0.25, -0.2) is 4.79 Å². The lowest BCUT2D eigenvalue weighted by molar-refractivity contribution is -0.148. The van der Waals surface area contributed by atoms with E-state index in [1.807, 2.05) is 0 Å². The van der Waals surface area contributed by atoms with Crippen molar-refractivity contribution in [2.45, 2.75) is 31.8 Å². The van der Waals surface area contributed by atoms with Crippen molar-refractivity contribution >= 4 is 23.7 Å². The van der Waals surface area contributed by atoms with Crippen molar-refractivity contribution in [2.75, 3.05) is 11.4 Å². The molecule has 1 fully saturated rings. The zero-order valence-electron chi connectivity index (χ0n) is 12.3.